The summed E-state index contributed by atoms with van der Waals surface area (Å²) in [5.74, 6) is 0.128. The van der Waals surface area contributed by atoms with Gasteiger partial charge in [0.15, 0.2) is 17.3 Å². The largest absolute Gasteiger partial charge is 0.519 e. The van der Waals surface area contributed by atoms with Crippen molar-refractivity contribution in [1.29, 1.82) is 0 Å². The summed E-state index contributed by atoms with van der Waals surface area (Å²) in [4.78, 5) is 21.8. The molecule has 0 aliphatic rings. The molecule has 3 aromatic rings. The van der Waals surface area contributed by atoms with Crippen LogP contribution in [0.4, 0.5) is 0 Å². The molecule has 1 unspecified atom stereocenters. The van der Waals surface area contributed by atoms with Gasteiger partial charge < -0.3 is 13.9 Å². The Balaban J connectivity index is 0.000000177. The monoisotopic (exact) mass is 326 g/mol. The van der Waals surface area contributed by atoms with Crippen LogP contribution in [0.2, 0.25) is 0 Å². The van der Waals surface area contributed by atoms with Crippen LogP contribution in [0.25, 0.3) is 11.3 Å². The van der Waals surface area contributed by atoms with Crippen molar-refractivity contribution in [1.82, 2.24) is 0 Å². The zero-order chi connectivity index (χ0) is 17.5. The average molecular weight is 326 g/mol. The Morgan fingerprint density at radius 2 is 1.50 bits per heavy atom. The van der Waals surface area contributed by atoms with Crippen molar-refractivity contribution in [3.63, 3.8) is 0 Å². The minimum absolute atomic E-state index is 0.231. The first-order chi connectivity index (χ1) is 11.5. The molecule has 3 rings (SSSR count). The summed E-state index contributed by atoms with van der Waals surface area (Å²) in [7, 11) is 0. The van der Waals surface area contributed by atoms with Gasteiger partial charge in [-0.25, -0.2) is 4.79 Å². The third kappa shape index (κ3) is 4.54. The van der Waals surface area contributed by atoms with Gasteiger partial charge in [-0.15, -0.1) is 0 Å². The molecule has 0 aliphatic heterocycles. The molecule has 0 spiro atoms. The van der Waals surface area contributed by atoms with Gasteiger partial charge in [0.2, 0.25) is 0 Å². The predicted molar refractivity (Wildman–Crippen MR) is 89.9 cm³/mol. The lowest BCUT2D eigenvalue weighted by Crippen LogP contribution is -2.15. The van der Waals surface area contributed by atoms with Gasteiger partial charge >= 0.3 is 5.82 Å². The Bertz CT molecular complexity index is 829. The zero-order valence-electron chi connectivity index (χ0n) is 13.4. The second kappa shape index (κ2) is 8.08. The molecule has 2 aromatic carbocycles. The SMILES string of the molecule is CC(O)C(=O)c1ccccc1.Cc1oc(=O)oc1-c1ccccc1. The number of carbonyl (C=O) groups excluding carboxylic acids is 1. The molecule has 124 valence electrons. The fourth-order valence-electron chi connectivity index (χ4n) is 2.04. The molecule has 1 atom stereocenters. The zero-order valence-corrected chi connectivity index (χ0v) is 13.4. The minimum Gasteiger partial charge on any atom is -0.396 e. The highest BCUT2D eigenvalue weighted by Crippen LogP contribution is 2.21. The maximum Gasteiger partial charge on any atom is 0.519 e. The lowest BCUT2D eigenvalue weighted by Gasteiger charge is -2.01. The molecule has 0 radical (unpaired) electrons. The van der Waals surface area contributed by atoms with Crippen LogP contribution in [0.1, 0.15) is 23.0 Å². The summed E-state index contributed by atoms with van der Waals surface area (Å²) in [6, 6.07) is 18.1. The van der Waals surface area contributed by atoms with E-state index in [9.17, 15) is 9.59 Å². The van der Waals surface area contributed by atoms with Crippen molar-refractivity contribution in [2.45, 2.75) is 20.0 Å². The summed E-state index contributed by atoms with van der Waals surface area (Å²) in [6.45, 7) is 3.17. The molecule has 0 saturated carbocycles. The standard InChI is InChI=1S/C10H8O3.C9H10O2/c1-7-9(13-10(11)12-7)8-5-3-2-4-6-8;1-7(10)9(11)8-5-3-2-4-6-8/h2-6H,1H3;2-7,10H,1H3. The third-order valence-corrected chi connectivity index (χ3v) is 3.22. The Kier molecular flexibility index (Phi) is 5.87. The third-order valence-electron chi connectivity index (χ3n) is 3.22. The van der Waals surface area contributed by atoms with Gasteiger partial charge in [-0.05, 0) is 13.8 Å². The Morgan fingerprint density at radius 1 is 0.958 bits per heavy atom. The highest BCUT2D eigenvalue weighted by molar-refractivity contribution is 5.98. The van der Waals surface area contributed by atoms with Crippen molar-refractivity contribution in [2.75, 3.05) is 0 Å². The van der Waals surface area contributed by atoms with E-state index in [2.05, 4.69) is 0 Å². The topological polar surface area (TPSA) is 80.6 Å². The van der Waals surface area contributed by atoms with Gasteiger partial charge in [0, 0.05) is 11.1 Å². The quantitative estimate of drug-likeness (QED) is 0.746. The van der Waals surface area contributed by atoms with Gasteiger partial charge in [-0.3, -0.25) is 4.79 Å². The molecule has 24 heavy (non-hydrogen) atoms. The maximum atomic E-state index is 11.1. The molecule has 1 aromatic heterocycles. The van der Waals surface area contributed by atoms with Crippen molar-refractivity contribution >= 4 is 5.78 Å². The number of Topliss-reactive ketones (excluding diaryl/α,β-unsaturated/α-hetero) is 1. The Hall–Kier alpha value is -2.92. The lowest BCUT2D eigenvalue weighted by atomic mass is 10.1. The Labute approximate surface area is 139 Å². The lowest BCUT2D eigenvalue weighted by molar-refractivity contribution is 0.0779. The van der Waals surface area contributed by atoms with Gasteiger partial charge in [0.25, 0.3) is 0 Å². The van der Waals surface area contributed by atoms with Gasteiger partial charge in [-0.2, -0.15) is 0 Å². The second-order valence-corrected chi connectivity index (χ2v) is 5.11. The van der Waals surface area contributed by atoms with E-state index in [4.69, 9.17) is 13.9 Å². The molecule has 5 nitrogen and oxygen atoms in total. The molecule has 1 N–H and O–H groups in total. The molecule has 5 heteroatoms. The number of aryl methyl sites for hydroxylation is 1. The van der Waals surface area contributed by atoms with E-state index in [-0.39, 0.29) is 5.78 Å². The highest BCUT2D eigenvalue weighted by atomic mass is 16.6. The number of hydrogen-bond donors (Lipinski definition) is 1. The smallest absolute Gasteiger partial charge is 0.396 e. The van der Waals surface area contributed by atoms with Gasteiger partial charge in [-0.1, -0.05) is 60.7 Å². The summed E-state index contributed by atoms with van der Waals surface area (Å²) in [5, 5.41) is 8.92. The summed E-state index contributed by atoms with van der Waals surface area (Å²) < 4.78 is 9.62. The normalized spacial score (nSPS) is 11.3. The van der Waals surface area contributed by atoms with Crippen LogP contribution in [-0.2, 0) is 0 Å². The van der Waals surface area contributed by atoms with E-state index >= 15 is 0 Å². The number of carbonyl (C=O) groups is 1. The number of rotatable bonds is 3. The summed E-state index contributed by atoms with van der Waals surface area (Å²) >= 11 is 0. The predicted octanol–water partition coefficient (Wildman–Crippen LogP) is 3.46. The van der Waals surface area contributed by atoms with E-state index in [1.54, 1.807) is 31.2 Å². The molecule has 0 fully saturated rings. The van der Waals surface area contributed by atoms with E-state index in [0.717, 1.165) is 5.56 Å². The molecule has 1 heterocycles. The van der Waals surface area contributed by atoms with Crippen LogP contribution in [0.3, 0.4) is 0 Å². The number of aliphatic hydroxyl groups is 1. The van der Waals surface area contributed by atoms with Crippen molar-refractivity contribution in [3.8, 4) is 11.3 Å². The number of ketones is 1. The first-order valence-corrected chi connectivity index (χ1v) is 7.42. The summed E-state index contributed by atoms with van der Waals surface area (Å²) in [5.41, 5.74) is 1.41. The van der Waals surface area contributed by atoms with Crippen LogP contribution < -0.4 is 5.82 Å². The first kappa shape index (κ1) is 17.4. The summed E-state index contributed by atoms with van der Waals surface area (Å²) in [6.07, 6.45) is -0.905. The van der Waals surface area contributed by atoms with Gasteiger partial charge in [0.05, 0.1) is 0 Å². The van der Waals surface area contributed by atoms with Crippen LogP contribution >= 0.6 is 0 Å². The van der Waals surface area contributed by atoms with Crippen molar-refractivity contribution in [3.05, 3.63) is 82.6 Å². The fourth-order valence-corrected chi connectivity index (χ4v) is 2.04. The van der Waals surface area contributed by atoms with Crippen LogP contribution in [-0.4, -0.2) is 17.0 Å². The fraction of sp³-hybridized carbons (Fsp3) is 0.158. The van der Waals surface area contributed by atoms with Crippen molar-refractivity contribution < 1.29 is 18.7 Å². The molecule has 0 amide bonds. The Morgan fingerprint density at radius 3 is 1.96 bits per heavy atom. The van der Waals surface area contributed by atoms with Crippen LogP contribution in [0.5, 0.6) is 0 Å². The van der Waals surface area contributed by atoms with E-state index in [0.29, 0.717) is 17.1 Å². The van der Waals surface area contributed by atoms with Crippen molar-refractivity contribution in [2.24, 2.45) is 0 Å². The van der Waals surface area contributed by atoms with Crippen LogP contribution in [0, 0.1) is 6.92 Å². The van der Waals surface area contributed by atoms with Crippen LogP contribution in [0.15, 0.2) is 74.3 Å². The van der Waals surface area contributed by atoms with E-state index in [1.807, 2.05) is 36.4 Å². The molecule has 0 bridgehead atoms. The van der Waals surface area contributed by atoms with E-state index < -0.39 is 11.9 Å². The molecule has 0 saturated heterocycles. The molecular weight excluding hydrogens is 308 g/mol. The number of hydrogen-bond acceptors (Lipinski definition) is 5. The second-order valence-electron chi connectivity index (χ2n) is 5.11. The minimum atomic E-state index is -0.905. The number of benzene rings is 2. The molecular formula is C19H18O5. The average Bonchev–Trinajstić information content (AvgIpc) is 2.94. The maximum absolute atomic E-state index is 11.1. The first-order valence-electron chi connectivity index (χ1n) is 7.42. The van der Waals surface area contributed by atoms with E-state index in [1.165, 1.54) is 6.92 Å². The highest BCUT2D eigenvalue weighted by Gasteiger charge is 2.10. The molecule has 0 aliphatic carbocycles. The van der Waals surface area contributed by atoms with Gasteiger partial charge in [0.1, 0.15) is 6.10 Å². The number of aliphatic hydroxyl groups excluding tert-OH is 1.